The minimum atomic E-state index is -4.36. The molecular formula is C19H24F3N3O2S. The lowest BCUT2D eigenvalue weighted by Crippen LogP contribution is -2.44. The number of hydrogen-bond acceptors (Lipinski definition) is 4. The lowest BCUT2D eigenvalue weighted by atomic mass is 9.99. The van der Waals surface area contributed by atoms with Crippen LogP contribution in [-0.2, 0) is 12.1 Å². The fourth-order valence-corrected chi connectivity index (χ4v) is 3.08. The molecule has 0 aliphatic carbocycles. The third kappa shape index (κ3) is 7.40. The summed E-state index contributed by atoms with van der Waals surface area (Å²) < 4.78 is 41.2. The molecule has 1 aromatic carbocycles. The second kappa shape index (κ2) is 9.79. The Morgan fingerprint density at radius 3 is 2.46 bits per heavy atom. The van der Waals surface area contributed by atoms with Crippen LogP contribution in [0, 0.1) is 0 Å². The number of guanidine groups is 1. The summed E-state index contributed by atoms with van der Waals surface area (Å²) in [5.41, 5.74) is 0.615. The number of alkyl halides is 3. The summed E-state index contributed by atoms with van der Waals surface area (Å²) in [6.45, 7) is 3.60. The highest BCUT2D eigenvalue weighted by atomic mass is 32.1. The van der Waals surface area contributed by atoms with Crippen molar-refractivity contribution in [1.82, 2.24) is 10.6 Å². The van der Waals surface area contributed by atoms with Crippen LogP contribution in [0.1, 0.15) is 25.0 Å². The molecule has 0 aliphatic heterocycles. The minimum Gasteiger partial charge on any atom is -0.484 e. The van der Waals surface area contributed by atoms with E-state index < -0.39 is 18.4 Å². The SMILES string of the molecule is CCNC(=NCc1ccc(OCC(F)(F)F)cc1)NCC(C)(O)c1ccsc1. The van der Waals surface area contributed by atoms with Crippen molar-refractivity contribution in [2.45, 2.75) is 32.2 Å². The summed E-state index contributed by atoms with van der Waals surface area (Å²) in [5, 5.41) is 20.6. The van der Waals surface area contributed by atoms with Crippen LogP contribution in [0.2, 0.25) is 0 Å². The molecule has 0 radical (unpaired) electrons. The fraction of sp³-hybridized carbons (Fsp3) is 0.421. The molecule has 28 heavy (non-hydrogen) atoms. The minimum absolute atomic E-state index is 0.155. The van der Waals surface area contributed by atoms with Gasteiger partial charge >= 0.3 is 6.18 Å². The first-order valence-corrected chi connectivity index (χ1v) is 9.69. The van der Waals surface area contributed by atoms with Crippen LogP contribution < -0.4 is 15.4 Å². The summed E-state index contributed by atoms with van der Waals surface area (Å²) >= 11 is 1.52. The van der Waals surface area contributed by atoms with Crippen LogP contribution in [0.5, 0.6) is 5.75 Å². The van der Waals surface area contributed by atoms with Gasteiger partial charge in [0.2, 0.25) is 0 Å². The molecule has 1 atom stereocenters. The number of ether oxygens (including phenoxy) is 1. The smallest absolute Gasteiger partial charge is 0.422 e. The Balaban J connectivity index is 1.93. The van der Waals surface area contributed by atoms with Crippen LogP contribution in [0.3, 0.4) is 0 Å². The number of nitrogens with zero attached hydrogens (tertiary/aromatic N) is 1. The first-order chi connectivity index (χ1) is 13.2. The summed E-state index contributed by atoms with van der Waals surface area (Å²) in [5.74, 6) is 0.692. The van der Waals surface area contributed by atoms with Gasteiger partial charge in [0.15, 0.2) is 12.6 Å². The van der Waals surface area contributed by atoms with E-state index in [1.807, 2.05) is 23.8 Å². The Morgan fingerprint density at radius 2 is 1.89 bits per heavy atom. The van der Waals surface area contributed by atoms with Crippen molar-refractivity contribution in [3.63, 3.8) is 0 Å². The van der Waals surface area contributed by atoms with Crippen molar-refractivity contribution in [2.75, 3.05) is 19.7 Å². The molecule has 9 heteroatoms. The molecule has 0 bridgehead atoms. The molecular weight excluding hydrogens is 391 g/mol. The first-order valence-electron chi connectivity index (χ1n) is 8.75. The van der Waals surface area contributed by atoms with E-state index in [-0.39, 0.29) is 12.3 Å². The van der Waals surface area contributed by atoms with Crippen molar-refractivity contribution in [1.29, 1.82) is 0 Å². The number of thiophene rings is 1. The third-order valence-electron chi connectivity index (χ3n) is 3.83. The first kappa shape index (κ1) is 22.0. The summed E-state index contributed by atoms with van der Waals surface area (Å²) in [4.78, 5) is 4.45. The second-order valence-corrected chi connectivity index (χ2v) is 7.16. The lowest BCUT2D eigenvalue weighted by Gasteiger charge is -2.24. The lowest BCUT2D eigenvalue weighted by molar-refractivity contribution is -0.153. The molecule has 2 rings (SSSR count). The third-order valence-corrected chi connectivity index (χ3v) is 4.52. The van der Waals surface area contributed by atoms with Gasteiger partial charge in [0.05, 0.1) is 13.1 Å². The van der Waals surface area contributed by atoms with E-state index in [4.69, 9.17) is 0 Å². The van der Waals surface area contributed by atoms with Gasteiger partial charge in [0.25, 0.3) is 0 Å². The number of halogens is 3. The summed E-state index contributed by atoms with van der Waals surface area (Å²) in [7, 11) is 0. The van der Waals surface area contributed by atoms with Gasteiger partial charge in [-0.25, -0.2) is 4.99 Å². The van der Waals surface area contributed by atoms with E-state index in [1.54, 1.807) is 19.1 Å². The van der Waals surface area contributed by atoms with Crippen LogP contribution in [0.4, 0.5) is 13.2 Å². The highest BCUT2D eigenvalue weighted by molar-refractivity contribution is 7.08. The van der Waals surface area contributed by atoms with Crippen molar-refractivity contribution >= 4 is 17.3 Å². The maximum absolute atomic E-state index is 12.2. The van der Waals surface area contributed by atoms with Crippen molar-refractivity contribution in [3.8, 4) is 5.75 Å². The zero-order chi connectivity index (χ0) is 20.6. The number of hydrogen-bond donors (Lipinski definition) is 3. The average molecular weight is 415 g/mol. The summed E-state index contributed by atoms with van der Waals surface area (Å²) in [6.07, 6.45) is -4.36. The van der Waals surface area contributed by atoms with E-state index in [0.717, 1.165) is 11.1 Å². The van der Waals surface area contributed by atoms with Gasteiger partial charge < -0.3 is 20.5 Å². The topological polar surface area (TPSA) is 65.9 Å². The predicted octanol–water partition coefficient (Wildman–Crippen LogP) is 3.65. The molecule has 1 unspecified atom stereocenters. The van der Waals surface area contributed by atoms with E-state index in [9.17, 15) is 18.3 Å². The Bertz CT molecular complexity index is 745. The average Bonchev–Trinajstić information content (AvgIpc) is 3.18. The van der Waals surface area contributed by atoms with Gasteiger partial charge in [-0.15, -0.1) is 0 Å². The number of aliphatic hydroxyl groups is 1. The van der Waals surface area contributed by atoms with Gasteiger partial charge in [-0.1, -0.05) is 12.1 Å². The fourth-order valence-electron chi connectivity index (χ4n) is 2.30. The number of benzene rings is 1. The molecule has 0 amide bonds. The second-order valence-electron chi connectivity index (χ2n) is 6.38. The molecule has 3 N–H and O–H groups in total. The Labute approximate surface area is 166 Å². The van der Waals surface area contributed by atoms with Gasteiger partial charge in [-0.2, -0.15) is 24.5 Å². The highest BCUT2D eigenvalue weighted by Gasteiger charge is 2.28. The van der Waals surface area contributed by atoms with E-state index in [1.165, 1.54) is 23.5 Å². The predicted molar refractivity (Wildman–Crippen MR) is 105 cm³/mol. The molecule has 1 heterocycles. The molecule has 1 aromatic heterocycles. The molecule has 2 aromatic rings. The maximum Gasteiger partial charge on any atom is 0.422 e. The Hall–Kier alpha value is -2.26. The maximum atomic E-state index is 12.2. The summed E-state index contributed by atoms with van der Waals surface area (Å²) in [6, 6.07) is 8.18. The van der Waals surface area contributed by atoms with Crippen LogP contribution >= 0.6 is 11.3 Å². The molecule has 0 saturated heterocycles. The highest BCUT2D eigenvalue weighted by Crippen LogP contribution is 2.22. The van der Waals surface area contributed by atoms with Crippen LogP contribution in [0.25, 0.3) is 0 Å². The number of rotatable bonds is 8. The van der Waals surface area contributed by atoms with Crippen molar-refractivity contribution < 1.29 is 23.0 Å². The molecule has 5 nitrogen and oxygen atoms in total. The number of nitrogens with one attached hydrogen (secondary N) is 2. The Morgan fingerprint density at radius 1 is 1.18 bits per heavy atom. The van der Waals surface area contributed by atoms with Crippen molar-refractivity contribution in [2.24, 2.45) is 4.99 Å². The van der Waals surface area contributed by atoms with Gasteiger partial charge in [-0.05, 0) is 53.9 Å². The molecule has 0 spiro atoms. The standard InChI is InChI=1S/C19H24F3N3O2S/c1-3-23-17(25-12-18(2,26)15-8-9-28-11-15)24-10-14-4-6-16(7-5-14)27-13-19(20,21)22/h4-9,11,26H,3,10,12-13H2,1-2H3,(H2,23,24,25). The van der Waals surface area contributed by atoms with Crippen LogP contribution in [0.15, 0.2) is 46.1 Å². The molecule has 0 saturated carbocycles. The number of aliphatic imine (C=N–C) groups is 1. The van der Waals surface area contributed by atoms with Gasteiger partial charge in [0, 0.05) is 6.54 Å². The van der Waals surface area contributed by atoms with E-state index >= 15 is 0 Å². The van der Waals surface area contributed by atoms with Gasteiger partial charge in [0.1, 0.15) is 11.4 Å². The van der Waals surface area contributed by atoms with Crippen molar-refractivity contribution in [3.05, 3.63) is 52.2 Å². The molecule has 154 valence electrons. The van der Waals surface area contributed by atoms with E-state index in [0.29, 0.717) is 19.0 Å². The quantitative estimate of drug-likeness (QED) is 0.455. The normalized spacial score (nSPS) is 14.4. The van der Waals surface area contributed by atoms with Gasteiger partial charge in [-0.3, -0.25) is 0 Å². The molecule has 0 aliphatic rings. The van der Waals surface area contributed by atoms with Crippen LogP contribution in [-0.4, -0.2) is 36.9 Å². The zero-order valence-corrected chi connectivity index (χ0v) is 16.5. The largest absolute Gasteiger partial charge is 0.484 e. The Kier molecular flexibility index (Phi) is 7.70. The molecule has 0 fully saturated rings. The van der Waals surface area contributed by atoms with E-state index in [2.05, 4.69) is 20.4 Å². The zero-order valence-electron chi connectivity index (χ0n) is 15.7. The monoisotopic (exact) mass is 415 g/mol.